The molecule has 3 rings (SSSR count). The Bertz CT molecular complexity index is 435. The van der Waals surface area contributed by atoms with Gasteiger partial charge >= 0.3 is 5.97 Å². The molecular weight excluding hydrogens is 218 g/mol. The van der Waals surface area contributed by atoms with Crippen molar-refractivity contribution in [3.63, 3.8) is 0 Å². The van der Waals surface area contributed by atoms with Crippen LogP contribution in [-0.2, 0) is 14.9 Å². The van der Waals surface area contributed by atoms with Gasteiger partial charge < -0.3 is 9.84 Å². The SMILES string of the molecule is O=C(O)C1(C2(c3ccncc3)COC2)CCC1. The van der Waals surface area contributed by atoms with Crippen LogP contribution < -0.4 is 0 Å². The van der Waals surface area contributed by atoms with Crippen LogP contribution >= 0.6 is 0 Å². The molecule has 0 amide bonds. The first kappa shape index (κ1) is 10.7. The molecule has 0 atom stereocenters. The van der Waals surface area contributed by atoms with Crippen molar-refractivity contribution in [3.05, 3.63) is 30.1 Å². The zero-order valence-corrected chi connectivity index (χ0v) is 9.56. The quantitative estimate of drug-likeness (QED) is 0.861. The van der Waals surface area contributed by atoms with Gasteiger partial charge in [-0.25, -0.2) is 0 Å². The lowest BCUT2D eigenvalue weighted by atomic mass is 9.50. The Morgan fingerprint density at radius 2 is 1.94 bits per heavy atom. The van der Waals surface area contributed by atoms with E-state index in [0.29, 0.717) is 13.2 Å². The smallest absolute Gasteiger partial charge is 0.310 e. The van der Waals surface area contributed by atoms with Gasteiger partial charge in [-0.1, -0.05) is 6.42 Å². The molecule has 1 aromatic rings. The van der Waals surface area contributed by atoms with E-state index in [-0.39, 0.29) is 5.41 Å². The van der Waals surface area contributed by atoms with Gasteiger partial charge in [0.25, 0.3) is 0 Å². The molecule has 4 nitrogen and oxygen atoms in total. The highest BCUT2D eigenvalue weighted by atomic mass is 16.5. The van der Waals surface area contributed by atoms with E-state index < -0.39 is 11.4 Å². The molecule has 1 aliphatic heterocycles. The third kappa shape index (κ3) is 1.21. The number of rotatable bonds is 3. The van der Waals surface area contributed by atoms with E-state index in [4.69, 9.17) is 4.74 Å². The fourth-order valence-electron chi connectivity index (χ4n) is 3.12. The Kier molecular flexibility index (Phi) is 2.23. The van der Waals surface area contributed by atoms with Crippen LogP contribution in [0, 0.1) is 5.41 Å². The Labute approximate surface area is 99.6 Å². The summed E-state index contributed by atoms with van der Waals surface area (Å²) in [6.07, 6.45) is 5.97. The fraction of sp³-hybridized carbons (Fsp3) is 0.538. The molecule has 0 unspecified atom stereocenters. The summed E-state index contributed by atoms with van der Waals surface area (Å²) in [5.74, 6) is -0.677. The molecule has 2 heterocycles. The molecular formula is C13H15NO3. The van der Waals surface area contributed by atoms with Crippen LogP contribution in [0.1, 0.15) is 24.8 Å². The van der Waals surface area contributed by atoms with Gasteiger partial charge in [-0.15, -0.1) is 0 Å². The summed E-state index contributed by atoms with van der Waals surface area (Å²) < 4.78 is 5.34. The van der Waals surface area contributed by atoms with Crippen LogP contribution in [0.15, 0.2) is 24.5 Å². The highest BCUT2D eigenvalue weighted by Crippen LogP contribution is 2.58. The zero-order chi connectivity index (χ0) is 11.9. The first-order valence-corrected chi connectivity index (χ1v) is 5.93. The van der Waals surface area contributed by atoms with Crippen molar-refractivity contribution in [2.24, 2.45) is 5.41 Å². The van der Waals surface area contributed by atoms with E-state index >= 15 is 0 Å². The summed E-state index contributed by atoms with van der Waals surface area (Å²) >= 11 is 0. The highest BCUT2D eigenvalue weighted by Gasteiger charge is 2.64. The minimum absolute atomic E-state index is 0.333. The molecule has 0 spiro atoms. The van der Waals surface area contributed by atoms with Crippen molar-refractivity contribution in [2.45, 2.75) is 24.7 Å². The zero-order valence-electron chi connectivity index (χ0n) is 9.56. The lowest BCUT2D eigenvalue weighted by Gasteiger charge is -2.57. The number of aliphatic carboxylic acids is 1. The van der Waals surface area contributed by atoms with Crippen LogP contribution in [0.2, 0.25) is 0 Å². The largest absolute Gasteiger partial charge is 0.481 e. The second-order valence-corrected chi connectivity index (χ2v) is 5.05. The minimum atomic E-state index is -0.677. The number of carboxylic acids is 1. The topological polar surface area (TPSA) is 59.4 Å². The molecule has 2 aliphatic rings. The molecule has 1 saturated carbocycles. The number of hydrogen-bond acceptors (Lipinski definition) is 3. The van der Waals surface area contributed by atoms with Gasteiger partial charge in [0.2, 0.25) is 0 Å². The number of nitrogens with zero attached hydrogens (tertiary/aromatic N) is 1. The second-order valence-electron chi connectivity index (χ2n) is 5.05. The fourth-order valence-corrected chi connectivity index (χ4v) is 3.12. The summed E-state index contributed by atoms with van der Waals surface area (Å²) in [5.41, 5.74) is 0.105. The number of hydrogen-bond donors (Lipinski definition) is 1. The van der Waals surface area contributed by atoms with Gasteiger partial charge in [0.05, 0.1) is 24.0 Å². The predicted molar refractivity (Wildman–Crippen MR) is 60.7 cm³/mol. The molecule has 1 aliphatic carbocycles. The van der Waals surface area contributed by atoms with Gasteiger partial charge in [-0.3, -0.25) is 9.78 Å². The van der Waals surface area contributed by atoms with Crippen LogP contribution in [0.25, 0.3) is 0 Å². The van der Waals surface area contributed by atoms with E-state index in [1.54, 1.807) is 12.4 Å². The molecule has 0 aromatic carbocycles. The lowest BCUT2D eigenvalue weighted by molar-refractivity contribution is -0.192. The summed E-state index contributed by atoms with van der Waals surface area (Å²) in [5, 5.41) is 9.57. The Balaban J connectivity index is 2.06. The maximum Gasteiger partial charge on any atom is 0.310 e. The summed E-state index contributed by atoms with van der Waals surface area (Å²) in [7, 11) is 0. The van der Waals surface area contributed by atoms with Crippen molar-refractivity contribution in [1.82, 2.24) is 4.98 Å². The normalized spacial score (nSPS) is 24.5. The maximum absolute atomic E-state index is 11.6. The van der Waals surface area contributed by atoms with Crippen molar-refractivity contribution in [3.8, 4) is 0 Å². The molecule has 2 fully saturated rings. The summed E-state index contributed by atoms with van der Waals surface area (Å²) in [6, 6.07) is 3.84. The van der Waals surface area contributed by atoms with E-state index in [0.717, 1.165) is 24.8 Å². The molecule has 0 radical (unpaired) electrons. The van der Waals surface area contributed by atoms with Crippen LogP contribution in [0.3, 0.4) is 0 Å². The number of ether oxygens (including phenoxy) is 1. The Morgan fingerprint density at radius 3 is 2.29 bits per heavy atom. The third-order valence-electron chi connectivity index (χ3n) is 4.46. The molecule has 1 aromatic heterocycles. The number of pyridine rings is 1. The average molecular weight is 233 g/mol. The molecule has 17 heavy (non-hydrogen) atoms. The van der Waals surface area contributed by atoms with Gasteiger partial charge in [-0.2, -0.15) is 0 Å². The first-order chi connectivity index (χ1) is 8.21. The monoisotopic (exact) mass is 233 g/mol. The van der Waals surface area contributed by atoms with E-state index in [2.05, 4.69) is 4.98 Å². The standard InChI is InChI=1S/C13H15NO3/c15-11(16)12(4-1-5-12)13(8-17-9-13)10-2-6-14-7-3-10/h2-3,6-7H,1,4-5,8-9H2,(H,15,16). The third-order valence-corrected chi connectivity index (χ3v) is 4.46. The molecule has 4 heteroatoms. The van der Waals surface area contributed by atoms with Crippen LogP contribution in [0.4, 0.5) is 0 Å². The van der Waals surface area contributed by atoms with Crippen LogP contribution in [-0.4, -0.2) is 29.3 Å². The molecule has 1 saturated heterocycles. The predicted octanol–water partition coefficient (Wildman–Crippen LogP) is 1.60. The molecule has 0 bridgehead atoms. The molecule has 90 valence electrons. The Hall–Kier alpha value is -1.42. The average Bonchev–Trinajstić information content (AvgIpc) is 2.21. The highest BCUT2D eigenvalue weighted by molar-refractivity contribution is 5.79. The minimum Gasteiger partial charge on any atom is -0.481 e. The Morgan fingerprint density at radius 1 is 1.29 bits per heavy atom. The van der Waals surface area contributed by atoms with E-state index in [1.165, 1.54) is 0 Å². The second kappa shape index (κ2) is 3.53. The van der Waals surface area contributed by atoms with Gasteiger partial charge in [0, 0.05) is 12.4 Å². The number of aromatic nitrogens is 1. The number of carboxylic acid groups (broad SMARTS) is 1. The van der Waals surface area contributed by atoms with Crippen molar-refractivity contribution in [1.29, 1.82) is 0 Å². The van der Waals surface area contributed by atoms with Crippen molar-refractivity contribution in [2.75, 3.05) is 13.2 Å². The molecule has 1 N–H and O–H groups in total. The lowest BCUT2D eigenvalue weighted by Crippen LogP contribution is -2.64. The first-order valence-electron chi connectivity index (χ1n) is 5.93. The van der Waals surface area contributed by atoms with Crippen molar-refractivity contribution >= 4 is 5.97 Å². The summed E-state index contributed by atoms with van der Waals surface area (Å²) in [4.78, 5) is 15.6. The van der Waals surface area contributed by atoms with Crippen molar-refractivity contribution < 1.29 is 14.6 Å². The van der Waals surface area contributed by atoms with Crippen LogP contribution in [0.5, 0.6) is 0 Å². The maximum atomic E-state index is 11.6. The summed E-state index contributed by atoms with van der Waals surface area (Å²) in [6.45, 7) is 1.03. The van der Waals surface area contributed by atoms with E-state index in [1.807, 2.05) is 12.1 Å². The van der Waals surface area contributed by atoms with E-state index in [9.17, 15) is 9.90 Å². The number of carbonyl (C=O) groups is 1. The van der Waals surface area contributed by atoms with Gasteiger partial charge in [0.15, 0.2) is 0 Å². The van der Waals surface area contributed by atoms with Gasteiger partial charge in [0.1, 0.15) is 0 Å². The van der Waals surface area contributed by atoms with Gasteiger partial charge in [-0.05, 0) is 30.5 Å².